The molecule has 0 aliphatic rings. The van der Waals surface area contributed by atoms with Gasteiger partial charge in [0.15, 0.2) is 0 Å². The summed E-state index contributed by atoms with van der Waals surface area (Å²) in [5.74, 6) is -1.31. The Hall–Kier alpha value is -3.22. The molecular weight excluding hydrogens is 349 g/mol. The van der Waals surface area contributed by atoms with Gasteiger partial charge in [0.05, 0.1) is 12.5 Å². The molecule has 0 fully saturated rings. The van der Waals surface area contributed by atoms with E-state index in [1.807, 2.05) is 0 Å². The van der Waals surface area contributed by atoms with E-state index < -0.39 is 22.9 Å². The van der Waals surface area contributed by atoms with Crippen molar-refractivity contribution in [2.45, 2.75) is 6.18 Å². The van der Waals surface area contributed by atoms with Crippen molar-refractivity contribution >= 4 is 21.9 Å². The number of ether oxygens (including phenoxy) is 1. The predicted molar refractivity (Wildman–Crippen MR) is 89.2 cm³/mol. The quantitative estimate of drug-likeness (QED) is 0.491. The average Bonchev–Trinajstić information content (AvgIpc) is 3.03. The molecule has 0 amide bonds. The normalized spacial score (nSPS) is 12.0. The van der Waals surface area contributed by atoms with Crippen LogP contribution in [0.2, 0.25) is 0 Å². The number of methoxy groups -OCH3 is 1. The minimum Gasteiger partial charge on any atom is -0.497 e. The van der Waals surface area contributed by atoms with Crippen LogP contribution in [0, 0.1) is 0 Å². The van der Waals surface area contributed by atoms with Gasteiger partial charge >= 0.3 is 6.18 Å². The highest BCUT2D eigenvalue weighted by Gasteiger charge is 2.40. The molecule has 26 heavy (non-hydrogen) atoms. The van der Waals surface area contributed by atoms with Crippen molar-refractivity contribution < 1.29 is 26.7 Å². The molecule has 4 rings (SSSR count). The lowest BCUT2D eigenvalue weighted by atomic mass is 10.1. The smallest absolute Gasteiger partial charge is 0.450 e. The van der Waals surface area contributed by atoms with Crippen molar-refractivity contribution in [3.05, 3.63) is 64.5 Å². The maximum atomic E-state index is 13.6. The minimum atomic E-state index is -4.87. The summed E-state index contributed by atoms with van der Waals surface area (Å²) >= 11 is 0. The highest BCUT2D eigenvalue weighted by Crippen LogP contribution is 2.39. The van der Waals surface area contributed by atoms with Gasteiger partial charge in [0.2, 0.25) is 11.2 Å². The number of furan rings is 1. The fourth-order valence-electron chi connectivity index (χ4n) is 2.83. The summed E-state index contributed by atoms with van der Waals surface area (Å²) in [4.78, 5) is 12.8. The van der Waals surface area contributed by atoms with E-state index in [0.717, 1.165) is 0 Å². The van der Waals surface area contributed by atoms with E-state index >= 15 is 0 Å². The molecule has 0 unspecified atom stereocenters. The number of fused-ring (bicyclic) bond motifs is 2. The van der Waals surface area contributed by atoms with Crippen molar-refractivity contribution in [2.75, 3.05) is 7.11 Å². The number of rotatable bonds is 2. The van der Waals surface area contributed by atoms with Crippen molar-refractivity contribution in [3.8, 4) is 17.1 Å². The van der Waals surface area contributed by atoms with E-state index in [-0.39, 0.29) is 22.5 Å². The molecule has 0 atom stereocenters. The van der Waals surface area contributed by atoms with Crippen LogP contribution in [0.1, 0.15) is 5.76 Å². The molecule has 132 valence electrons. The van der Waals surface area contributed by atoms with Crippen LogP contribution in [0.4, 0.5) is 13.2 Å². The van der Waals surface area contributed by atoms with Crippen LogP contribution >= 0.6 is 0 Å². The fourth-order valence-corrected chi connectivity index (χ4v) is 2.83. The van der Waals surface area contributed by atoms with Crippen molar-refractivity contribution in [2.24, 2.45) is 0 Å². The number of hydrogen-bond donors (Lipinski definition) is 0. The Morgan fingerprint density at radius 1 is 0.962 bits per heavy atom. The third-order valence-electron chi connectivity index (χ3n) is 4.03. The van der Waals surface area contributed by atoms with Gasteiger partial charge in [-0.2, -0.15) is 13.2 Å². The second-order valence-corrected chi connectivity index (χ2v) is 5.64. The lowest BCUT2D eigenvalue weighted by Crippen LogP contribution is -2.15. The molecule has 2 aromatic carbocycles. The van der Waals surface area contributed by atoms with Gasteiger partial charge in [-0.3, -0.25) is 4.79 Å². The predicted octanol–water partition coefficient (Wildman–Crippen LogP) is 5.23. The molecule has 7 heteroatoms. The largest absolute Gasteiger partial charge is 0.497 e. The minimum absolute atomic E-state index is 0.00857. The molecule has 0 radical (unpaired) electrons. The number of para-hydroxylation sites is 1. The molecule has 0 aliphatic heterocycles. The maximum Gasteiger partial charge on any atom is 0.450 e. The van der Waals surface area contributed by atoms with Gasteiger partial charge in [0, 0.05) is 11.5 Å². The number of hydrogen-bond acceptors (Lipinski definition) is 4. The van der Waals surface area contributed by atoms with E-state index in [1.54, 1.807) is 24.3 Å². The van der Waals surface area contributed by atoms with Crippen LogP contribution in [0.15, 0.2) is 62.2 Å². The third-order valence-corrected chi connectivity index (χ3v) is 4.03. The molecular formula is C19H11F3O4. The van der Waals surface area contributed by atoms with Crippen LogP contribution < -0.4 is 10.2 Å². The molecule has 2 heterocycles. The summed E-state index contributed by atoms with van der Waals surface area (Å²) in [5.41, 5.74) is -1.29. The Kier molecular flexibility index (Phi) is 3.54. The summed E-state index contributed by atoms with van der Waals surface area (Å²) < 4.78 is 56.2. The summed E-state index contributed by atoms with van der Waals surface area (Å²) in [6.07, 6.45) is -4.87. The van der Waals surface area contributed by atoms with Gasteiger partial charge in [-0.15, -0.1) is 0 Å². The fraction of sp³-hybridized carbons (Fsp3) is 0.105. The zero-order valence-electron chi connectivity index (χ0n) is 13.4. The molecule has 0 spiro atoms. The average molecular weight is 360 g/mol. The molecule has 2 aromatic heterocycles. The van der Waals surface area contributed by atoms with Crippen molar-refractivity contribution in [1.29, 1.82) is 0 Å². The SMILES string of the molecule is COc1ccc2c(=O)c(-c3cc4ccccc4o3)c(C(F)(F)F)oc2c1. The van der Waals surface area contributed by atoms with Crippen LogP contribution in [0.3, 0.4) is 0 Å². The Morgan fingerprint density at radius 3 is 2.42 bits per heavy atom. The summed E-state index contributed by atoms with van der Waals surface area (Å²) in [6.45, 7) is 0. The standard InChI is InChI=1S/C19H11F3O4/c1-24-11-6-7-12-14(9-11)26-18(19(20,21)22)16(17(12)23)15-8-10-4-2-3-5-13(10)25-15/h2-9H,1H3. The van der Waals surface area contributed by atoms with Gasteiger partial charge in [0.25, 0.3) is 0 Å². The molecule has 4 aromatic rings. The topological polar surface area (TPSA) is 52.6 Å². The Morgan fingerprint density at radius 2 is 1.73 bits per heavy atom. The first kappa shape index (κ1) is 16.3. The molecule has 0 bridgehead atoms. The van der Waals surface area contributed by atoms with Gasteiger partial charge in [0.1, 0.15) is 28.2 Å². The lowest BCUT2D eigenvalue weighted by molar-refractivity contribution is -0.152. The van der Waals surface area contributed by atoms with Gasteiger partial charge in [-0.25, -0.2) is 0 Å². The van der Waals surface area contributed by atoms with E-state index in [4.69, 9.17) is 13.6 Å². The molecule has 4 nitrogen and oxygen atoms in total. The zero-order chi connectivity index (χ0) is 18.5. The number of halogens is 3. The van der Waals surface area contributed by atoms with Crippen LogP contribution in [-0.2, 0) is 6.18 Å². The molecule has 0 N–H and O–H groups in total. The summed E-state index contributed by atoms with van der Waals surface area (Å²) in [5, 5.41) is 0.596. The zero-order valence-corrected chi connectivity index (χ0v) is 13.4. The lowest BCUT2D eigenvalue weighted by Gasteiger charge is -2.11. The van der Waals surface area contributed by atoms with Gasteiger partial charge in [-0.1, -0.05) is 18.2 Å². The Balaban J connectivity index is 2.09. The van der Waals surface area contributed by atoms with E-state index in [2.05, 4.69) is 0 Å². The Bertz CT molecular complexity index is 1150. The van der Waals surface area contributed by atoms with Crippen LogP contribution in [0.5, 0.6) is 5.75 Å². The molecule has 0 aliphatic carbocycles. The van der Waals surface area contributed by atoms with Gasteiger partial charge in [-0.05, 0) is 24.3 Å². The van der Waals surface area contributed by atoms with Crippen molar-refractivity contribution in [3.63, 3.8) is 0 Å². The Labute approximate surface area is 144 Å². The van der Waals surface area contributed by atoms with E-state index in [9.17, 15) is 18.0 Å². The first-order chi connectivity index (χ1) is 12.4. The maximum absolute atomic E-state index is 13.6. The highest BCUT2D eigenvalue weighted by molar-refractivity contribution is 5.87. The summed E-state index contributed by atoms with van der Waals surface area (Å²) in [6, 6.07) is 12.2. The number of alkyl halides is 3. The van der Waals surface area contributed by atoms with Crippen LogP contribution in [-0.4, -0.2) is 7.11 Å². The van der Waals surface area contributed by atoms with Gasteiger partial charge < -0.3 is 13.6 Å². The third kappa shape index (κ3) is 2.52. The first-order valence-corrected chi connectivity index (χ1v) is 7.59. The van der Waals surface area contributed by atoms with Crippen LogP contribution in [0.25, 0.3) is 33.3 Å². The molecule has 0 saturated heterocycles. The number of benzene rings is 2. The van der Waals surface area contributed by atoms with E-state index in [0.29, 0.717) is 11.0 Å². The molecule has 0 saturated carbocycles. The highest BCUT2D eigenvalue weighted by atomic mass is 19.4. The summed E-state index contributed by atoms with van der Waals surface area (Å²) in [7, 11) is 1.37. The second kappa shape index (κ2) is 5.66. The second-order valence-electron chi connectivity index (χ2n) is 5.64. The first-order valence-electron chi connectivity index (χ1n) is 7.59. The van der Waals surface area contributed by atoms with E-state index in [1.165, 1.54) is 31.4 Å². The van der Waals surface area contributed by atoms with Crippen molar-refractivity contribution in [1.82, 2.24) is 0 Å². The monoisotopic (exact) mass is 360 g/mol.